The topological polar surface area (TPSA) is 67.5 Å². The average molecular weight is 423 g/mol. The molecule has 2 aromatic carbocycles. The predicted octanol–water partition coefficient (Wildman–Crippen LogP) is 3.98. The number of nitrogens with zero attached hydrogens (tertiary/aromatic N) is 2. The van der Waals surface area contributed by atoms with Crippen LogP contribution in [0.1, 0.15) is 18.0 Å². The number of rotatable bonds is 7. The molecule has 1 N–H and O–H groups in total. The molecule has 4 rings (SSSR count). The Morgan fingerprint density at radius 2 is 1.93 bits per heavy atom. The summed E-state index contributed by atoms with van der Waals surface area (Å²) in [6, 6.07) is 5.74. The van der Waals surface area contributed by atoms with Crippen LogP contribution < -0.4 is 9.64 Å². The second-order valence-corrected chi connectivity index (χ2v) is 6.74. The molecule has 1 aromatic heterocycles. The Hall–Kier alpha value is -3.14. The van der Waals surface area contributed by atoms with Gasteiger partial charge in [-0.3, -0.25) is 9.69 Å². The molecule has 2 atom stereocenters. The van der Waals surface area contributed by atoms with Gasteiger partial charge in [-0.05, 0) is 18.2 Å². The number of halogens is 4. The van der Waals surface area contributed by atoms with Crippen LogP contribution in [0.4, 0.5) is 23.2 Å². The summed E-state index contributed by atoms with van der Waals surface area (Å²) >= 11 is 0. The smallest absolute Gasteiger partial charge is 0.259 e. The lowest BCUT2D eigenvalue weighted by molar-refractivity contribution is -0.139. The van der Waals surface area contributed by atoms with Crippen molar-refractivity contribution in [1.29, 1.82) is 0 Å². The van der Waals surface area contributed by atoms with E-state index in [9.17, 15) is 22.4 Å². The number of nitrogens with one attached hydrogen (secondary N) is 1. The van der Waals surface area contributed by atoms with Crippen LogP contribution in [0.5, 0.6) is 5.75 Å². The molecule has 6 nitrogen and oxygen atoms in total. The number of ether oxygens (including phenoxy) is 2. The minimum Gasteiger partial charge on any atom is -0.493 e. The molecule has 2 heterocycles. The monoisotopic (exact) mass is 423 g/mol. The fourth-order valence-corrected chi connectivity index (χ4v) is 3.52. The summed E-state index contributed by atoms with van der Waals surface area (Å²) < 4.78 is 64.3. The number of carbonyl (C=O) groups excluding carboxylic acids is 1. The van der Waals surface area contributed by atoms with Gasteiger partial charge in [0.1, 0.15) is 23.4 Å². The Bertz CT molecular complexity index is 1070. The van der Waals surface area contributed by atoms with E-state index in [0.717, 1.165) is 17.6 Å². The van der Waals surface area contributed by atoms with Gasteiger partial charge < -0.3 is 14.5 Å². The largest absolute Gasteiger partial charge is 0.493 e. The van der Waals surface area contributed by atoms with Crippen LogP contribution in [0.3, 0.4) is 0 Å². The van der Waals surface area contributed by atoms with Crippen LogP contribution in [0, 0.1) is 11.6 Å². The molecule has 158 valence electrons. The van der Waals surface area contributed by atoms with Gasteiger partial charge in [-0.2, -0.15) is 0 Å². The maximum Gasteiger partial charge on any atom is 0.259 e. The first-order chi connectivity index (χ1) is 14.4. The molecule has 3 aromatic rings. The summed E-state index contributed by atoms with van der Waals surface area (Å²) in [7, 11) is 1.28. The quantitative estimate of drug-likeness (QED) is 0.461. The van der Waals surface area contributed by atoms with Crippen molar-refractivity contribution in [2.75, 3.05) is 18.6 Å². The summed E-state index contributed by atoms with van der Waals surface area (Å²) in [5.41, 5.74) is 1.37. The highest BCUT2D eigenvalue weighted by Crippen LogP contribution is 2.43. The number of amides is 1. The molecule has 0 bridgehead atoms. The van der Waals surface area contributed by atoms with Crippen molar-refractivity contribution in [3.05, 3.63) is 53.9 Å². The minimum absolute atomic E-state index is 0.210. The zero-order valence-corrected chi connectivity index (χ0v) is 15.7. The van der Waals surface area contributed by atoms with Gasteiger partial charge in [0.15, 0.2) is 6.10 Å². The molecule has 0 radical (unpaired) electrons. The molecule has 1 amide bonds. The molecule has 0 spiro atoms. The first-order valence-corrected chi connectivity index (χ1v) is 9.09. The molecule has 30 heavy (non-hydrogen) atoms. The number of imidazole rings is 1. The van der Waals surface area contributed by atoms with E-state index < -0.39 is 42.5 Å². The maximum absolute atomic E-state index is 14.8. The lowest BCUT2D eigenvalue weighted by Gasteiger charge is -2.46. The van der Waals surface area contributed by atoms with Crippen molar-refractivity contribution in [3.63, 3.8) is 0 Å². The van der Waals surface area contributed by atoms with Gasteiger partial charge in [-0.1, -0.05) is 0 Å². The van der Waals surface area contributed by atoms with Crippen LogP contribution in [-0.2, 0) is 9.53 Å². The summed E-state index contributed by atoms with van der Waals surface area (Å²) in [5, 5.41) is 0. The number of β-lactam (4-membered cyclic amide) rings is 1. The lowest BCUT2D eigenvalue weighted by atomic mass is 9.88. The molecule has 1 fully saturated rings. The Kier molecular flexibility index (Phi) is 5.33. The van der Waals surface area contributed by atoms with Crippen molar-refractivity contribution in [3.8, 4) is 5.75 Å². The second kappa shape index (κ2) is 7.94. The highest BCUT2D eigenvalue weighted by Gasteiger charge is 2.51. The third-order valence-corrected chi connectivity index (χ3v) is 4.94. The minimum atomic E-state index is -2.58. The Balaban J connectivity index is 1.66. The standard InChI is InChI=1S/C20H17F4N3O3/c1-29-19-18(17-12(21)7-11(8-13(17)22)30-5-4-16(23)24)27(20(19)28)10-2-3-14-15(6-10)26-9-25-14/h2-3,6-9,16,18-19H,4-5H2,1H3,(H,25,26). The van der Waals surface area contributed by atoms with Crippen LogP contribution in [-0.4, -0.2) is 42.1 Å². The van der Waals surface area contributed by atoms with Gasteiger partial charge in [-0.25, -0.2) is 22.5 Å². The number of benzene rings is 2. The van der Waals surface area contributed by atoms with Gasteiger partial charge in [0.25, 0.3) is 5.91 Å². The third kappa shape index (κ3) is 3.47. The molecule has 0 aliphatic carbocycles. The van der Waals surface area contributed by atoms with E-state index in [2.05, 4.69) is 9.97 Å². The second-order valence-electron chi connectivity index (χ2n) is 6.74. The number of H-pyrrole nitrogens is 1. The van der Waals surface area contributed by atoms with Crippen molar-refractivity contribution < 1.29 is 31.8 Å². The van der Waals surface area contributed by atoms with E-state index in [1.165, 1.54) is 18.3 Å². The molecule has 0 saturated carbocycles. The fourth-order valence-electron chi connectivity index (χ4n) is 3.52. The molecule has 2 unspecified atom stereocenters. The van der Waals surface area contributed by atoms with Crippen LogP contribution in [0.15, 0.2) is 36.7 Å². The summed E-state index contributed by atoms with van der Waals surface area (Å²) in [6.45, 7) is -0.381. The zero-order chi connectivity index (χ0) is 21.4. The van der Waals surface area contributed by atoms with Crippen molar-refractivity contribution in [1.82, 2.24) is 9.97 Å². The number of carbonyl (C=O) groups is 1. The molecule has 1 saturated heterocycles. The summed E-state index contributed by atoms with van der Waals surface area (Å²) in [6.07, 6.45) is -2.72. The van der Waals surface area contributed by atoms with Gasteiger partial charge in [0.05, 0.1) is 24.0 Å². The van der Waals surface area contributed by atoms with E-state index in [0.29, 0.717) is 11.2 Å². The lowest BCUT2D eigenvalue weighted by Crippen LogP contribution is -2.60. The normalized spacial score (nSPS) is 18.9. The van der Waals surface area contributed by atoms with Crippen LogP contribution in [0.25, 0.3) is 11.0 Å². The van der Waals surface area contributed by atoms with E-state index >= 15 is 0 Å². The van der Waals surface area contributed by atoms with E-state index in [1.54, 1.807) is 18.2 Å². The molecule has 10 heteroatoms. The SMILES string of the molecule is COC1C(=O)N(c2ccc3[nH]cnc3c2)C1c1c(F)cc(OCCC(F)F)cc1F. The first kappa shape index (κ1) is 20.1. The number of fused-ring (bicyclic) bond motifs is 1. The molecular formula is C20H17F4N3O3. The maximum atomic E-state index is 14.8. The van der Waals surface area contributed by atoms with Crippen molar-refractivity contribution in [2.45, 2.75) is 25.0 Å². The van der Waals surface area contributed by atoms with Crippen molar-refractivity contribution in [2.24, 2.45) is 0 Å². The highest BCUT2D eigenvalue weighted by molar-refractivity contribution is 6.06. The fraction of sp³-hybridized carbons (Fsp3) is 0.300. The highest BCUT2D eigenvalue weighted by atomic mass is 19.3. The number of alkyl halides is 2. The van der Waals surface area contributed by atoms with E-state index in [1.807, 2.05) is 0 Å². The van der Waals surface area contributed by atoms with E-state index in [4.69, 9.17) is 9.47 Å². The third-order valence-electron chi connectivity index (χ3n) is 4.94. The van der Waals surface area contributed by atoms with Crippen LogP contribution >= 0.6 is 0 Å². The van der Waals surface area contributed by atoms with Crippen LogP contribution in [0.2, 0.25) is 0 Å². The Morgan fingerprint density at radius 1 is 1.20 bits per heavy atom. The number of aromatic amines is 1. The zero-order valence-electron chi connectivity index (χ0n) is 15.7. The molecule has 1 aliphatic rings. The van der Waals surface area contributed by atoms with Gasteiger partial charge in [-0.15, -0.1) is 0 Å². The van der Waals surface area contributed by atoms with Gasteiger partial charge >= 0.3 is 0 Å². The number of anilines is 1. The van der Waals surface area contributed by atoms with Gasteiger partial charge in [0.2, 0.25) is 6.43 Å². The number of aromatic nitrogens is 2. The Labute approximate surface area is 168 Å². The number of methoxy groups -OCH3 is 1. The summed E-state index contributed by atoms with van der Waals surface area (Å²) in [4.78, 5) is 20.9. The van der Waals surface area contributed by atoms with Gasteiger partial charge in [0, 0.05) is 36.9 Å². The number of hydrogen-bond acceptors (Lipinski definition) is 4. The first-order valence-electron chi connectivity index (χ1n) is 9.09. The average Bonchev–Trinajstić information content (AvgIpc) is 3.15. The van der Waals surface area contributed by atoms with Crippen molar-refractivity contribution >= 4 is 22.6 Å². The Morgan fingerprint density at radius 3 is 2.60 bits per heavy atom. The predicted molar refractivity (Wildman–Crippen MR) is 99.6 cm³/mol. The molecular weight excluding hydrogens is 406 g/mol. The summed E-state index contributed by atoms with van der Waals surface area (Å²) in [5.74, 6) is -2.59. The van der Waals surface area contributed by atoms with E-state index in [-0.39, 0.29) is 17.9 Å². The molecule has 1 aliphatic heterocycles. The number of hydrogen-bond donors (Lipinski definition) is 1.